The maximum absolute atomic E-state index is 14.1. The Balaban J connectivity index is 0.000000591. The van der Waals surface area contributed by atoms with E-state index in [4.69, 9.17) is 19.4 Å². The Labute approximate surface area is 258 Å². The minimum absolute atomic E-state index is 0.0494. The molecule has 2 aromatic carbocycles. The Hall–Kier alpha value is -3.65. The Bertz CT molecular complexity index is 1350. The number of benzene rings is 2. The SMILES string of the molecule is COc1ccc(C23CCC(NC(=O)Nc4cc(F)ccc4F)CC2N(C2CCN(C)CC2)CC3)cc1OC.O=C(O)C(F)(F)F. The van der Waals surface area contributed by atoms with Crippen LogP contribution in [-0.4, -0.2) is 92.1 Å². The Kier molecular flexibility index (Phi) is 10.8. The maximum atomic E-state index is 14.1. The number of urea groups is 1. The van der Waals surface area contributed by atoms with Crippen molar-refractivity contribution in [3.05, 3.63) is 53.6 Å². The number of carbonyl (C=O) groups is 2. The van der Waals surface area contributed by atoms with Crippen molar-refractivity contribution in [2.45, 2.75) is 68.2 Å². The third kappa shape index (κ3) is 7.96. The number of alkyl halides is 3. The van der Waals surface area contributed by atoms with Crippen molar-refractivity contribution >= 4 is 17.7 Å². The number of halogens is 5. The van der Waals surface area contributed by atoms with Gasteiger partial charge < -0.3 is 30.1 Å². The first kappa shape index (κ1) is 34.2. The minimum Gasteiger partial charge on any atom is -0.493 e. The Morgan fingerprint density at radius 1 is 0.956 bits per heavy atom. The molecule has 1 aliphatic carbocycles. The molecule has 0 spiro atoms. The Morgan fingerprint density at radius 3 is 2.24 bits per heavy atom. The van der Waals surface area contributed by atoms with Crippen LogP contribution in [-0.2, 0) is 10.2 Å². The molecule has 3 atom stereocenters. The van der Waals surface area contributed by atoms with E-state index < -0.39 is 29.8 Å². The highest BCUT2D eigenvalue weighted by Crippen LogP contribution is 2.51. The summed E-state index contributed by atoms with van der Waals surface area (Å²) in [6.45, 7) is 3.18. The fourth-order valence-electron chi connectivity index (χ4n) is 6.90. The van der Waals surface area contributed by atoms with Gasteiger partial charge in [0.05, 0.1) is 19.9 Å². The van der Waals surface area contributed by atoms with Crippen molar-refractivity contribution in [1.29, 1.82) is 0 Å². The van der Waals surface area contributed by atoms with E-state index in [0.29, 0.717) is 11.8 Å². The largest absolute Gasteiger partial charge is 0.493 e. The topological polar surface area (TPSA) is 103 Å². The highest BCUT2D eigenvalue weighted by molar-refractivity contribution is 5.89. The van der Waals surface area contributed by atoms with Crippen LogP contribution < -0.4 is 20.1 Å². The van der Waals surface area contributed by atoms with Crippen LogP contribution in [0.3, 0.4) is 0 Å². The average Bonchev–Trinajstić information content (AvgIpc) is 3.38. The van der Waals surface area contributed by atoms with Crippen LogP contribution in [0.15, 0.2) is 36.4 Å². The van der Waals surface area contributed by atoms with E-state index in [2.05, 4.69) is 39.6 Å². The number of nitrogens with zero attached hydrogens (tertiary/aromatic N) is 2. The minimum atomic E-state index is -5.08. The predicted molar refractivity (Wildman–Crippen MR) is 157 cm³/mol. The number of hydrogen-bond acceptors (Lipinski definition) is 6. The van der Waals surface area contributed by atoms with Gasteiger partial charge in [0.2, 0.25) is 0 Å². The van der Waals surface area contributed by atoms with Crippen LogP contribution in [0.2, 0.25) is 0 Å². The first-order valence-electron chi connectivity index (χ1n) is 14.8. The van der Waals surface area contributed by atoms with Crippen LogP contribution in [0.25, 0.3) is 0 Å². The summed E-state index contributed by atoms with van der Waals surface area (Å²) in [5.41, 5.74) is 1.04. The summed E-state index contributed by atoms with van der Waals surface area (Å²) in [4.78, 5) is 26.8. The van der Waals surface area contributed by atoms with Gasteiger partial charge in [-0.05, 0) is 95.0 Å². The van der Waals surface area contributed by atoms with E-state index in [1.54, 1.807) is 14.2 Å². The van der Waals surface area contributed by atoms with Gasteiger partial charge in [0, 0.05) is 29.6 Å². The van der Waals surface area contributed by atoms with E-state index >= 15 is 0 Å². The molecule has 3 unspecified atom stereocenters. The number of hydrogen-bond donors (Lipinski definition) is 3. The van der Waals surface area contributed by atoms with Gasteiger partial charge in [-0.15, -0.1) is 0 Å². The second-order valence-corrected chi connectivity index (χ2v) is 11.8. The highest BCUT2D eigenvalue weighted by atomic mass is 19.4. The molecule has 3 N–H and O–H groups in total. The number of likely N-dealkylation sites (tertiary alicyclic amines) is 2. The molecule has 2 amide bonds. The summed E-state index contributed by atoms with van der Waals surface area (Å²) in [6.07, 6.45) is 0.728. The van der Waals surface area contributed by atoms with Gasteiger partial charge in [-0.25, -0.2) is 18.4 Å². The number of amides is 2. The van der Waals surface area contributed by atoms with Crippen molar-refractivity contribution in [3.8, 4) is 11.5 Å². The number of rotatable bonds is 6. The summed E-state index contributed by atoms with van der Waals surface area (Å²) in [5, 5.41) is 12.7. The number of ether oxygens (including phenoxy) is 2. The lowest BCUT2D eigenvalue weighted by Crippen LogP contribution is -2.56. The third-order valence-electron chi connectivity index (χ3n) is 9.17. The van der Waals surface area contributed by atoms with Crippen molar-refractivity contribution in [1.82, 2.24) is 15.1 Å². The summed E-state index contributed by atoms with van der Waals surface area (Å²) < 4.78 is 70.6. The van der Waals surface area contributed by atoms with Gasteiger partial charge >= 0.3 is 18.2 Å². The monoisotopic (exact) mass is 642 g/mol. The van der Waals surface area contributed by atoms with Crippen LogP contribution in [0.1, 0.15) is 44.1 Å². The summed E-state index contributed by atoms with van der Waals surface area (Å²) >= 11 is 0. The second kappa shape index (κ2) is 14.2. The molecule has 2 aliphatic heterocycles. The summed E-state index contributed by atoms with van der Waals surface area (Å²) in [6, 6.07) is 9.49. The molecule has 3 fully saturated rings. The predicted octanol–water partition coefficient (Wildman–Crippen LogP) is 5.40. The lowest BCUT2D eigenvalue weighted by molar-refractivity contribution is -0.192. The fourth-order valence-corrected chi connectivity index (χ4v) is 6.90. The molecule has 0 aromatic heterocycles. The van der Waals surface area contributed by atoms with Crippen molar-refractivity contribution in [2.75, 3.05) is 46.2 Å². The van der Waals surface area contributed by atoms with Gasteiger partial charge in [-0.3, -0.25) is 4.90 Å². The molecule has 0 bridgehead atoms. The van der Waals surface area contributed by atoms with Crippen LogP contribution in [0, 0.1) is 11.6 Å². The van der Waals surface area contributed by atoms with E-state index in [-0.39, 0.29) is 23.2 Å². The second-order valence-electron chi connectivity index (χ2n) is 11.8. The molecule has 2 aromatic rings. The average molecular weight is 643 g/mol. The van der Waals surface area contributed by atoms with E-state index in [0.717, 1.165) is 82.1 Å². The molecule has 14 heteroatoms. The zero-order valence-electron chi connectivity index (χ0n) is 25.4. The zero-order valence-corrected chi connectivity index (χ0v) is 25.4. The molecular weight excluding hydrogens is 603 g/mol. The summed E-state index contributed by atoms with van der Waals surface area (Å²) in [5.74, 6) is -2.58. The van der Waals surface area contributed by atoms with Gasteiger partial charge in [0.15, 0.2) is 11.5 Å². The smallest absolute Gasteiger partial charge is 0.490 e. The molecule has 2 saturated heterocycles. The van der Waals surface area contributed by atoms with Gasteiger partial charge in [-0.1, -0.05) is 6.07 Å². The van der Waals surface area contributed by atoms with Crippen LogP contribution in [0.5, 0.6) is 11.5 Å². The fraction of sp³-hybridized carbons (Fsp3) is 0.548. The van der Waals surface area contributed by atoms with E-state index in [1.807, 2.05) is 6.07 Å². The molecule has 0 radical (unpaired) electrons. The molecule has 45 heavy (non-hydrogen) atoms. The third-order valence-corrected chi connectivity index (χ3v) is 9.17. The molecule has 2 heterocycles. The highest BCUT2D eigenvalue weighted by Gasteiger charge is 2.53. The lowest BCUT2D eigenvalue weighted by Gasteiger charge is -2.48. The number of nitrogens with one attached hydrogen (secondary N) is 2. The van der Waals surface area contributed by atoms with Gasteiger partial charge in [-0.2, -0.15) is 13.2 Å². The number of fused-ring (bicyclic) bond motifs is 1. The van der Waals surface area contributed by atoms with Crippen LogP contribution >= 0.6 is 0 Å². The number of piperidine rings is 1. The normalized spacial score (nSPS) is 24.2. The number of carboxylic acids is 1. The van der Waals surface area contributed by atoms with E-state index in [9.17, 15) is 26.7 Å². The van der Waals surface area contributed by atoms with Crippen molar-refractivity contribution < 1.29 is 46.1 Å². The van der Waals surface area contributed by atoms with Crippen molar-refractivity contribution in [2.24, 2.45) is 0 Å². The number of anilines is 1. The molecule has 9 nitrogen and oxygen atoms in total. The van der Waals surface area contributed by atoms with Gasteiger partial charge in [0.25, 0.3) is 0 Å². The number of methoxy groups -OCH3 is 2. The van der Waals surface area contributed by atoms with E-state index in [1.165, 1.54) is 5.56 Å². The van der Waals surface area contributed by atoms with Gasteiger partial charge in [0.1, 0.15) is 11.6 Å². The zero-order chi connectivity index (χ0) is 32.9. The first-order valence-corrected chi connectivity index (χ1v) is 14.8. The molecule has 1 saturated carbocycles. The maximum Gasteiger partial charge on any atom is 0.490 e. The number of carbonyl (C=O) groups excluding carboxylic acids is 1. The molecule has 3 aliphatic rings. The standard InChI is InChI=1S/C29H38F2N4O3.C2HF3O2/c1-34-13-9-22(10-14-34)35-15-12-29(19-4-7-25(37-2)26(16-19)38-3)11-8-21(18-27(29)35)32-28(36)33-24-17-20(30)5-6-23(24)31;3-2(4,5)1(6)7/h4-7,16-17,21-22,27H,8-15,18H2,1-3H3,(H2,32,33,36);(H,6,7). The first-order chi connectivity index (χ1) is 21.3. The lowest BCUT2D eigenvalue weighted by atomic mass is 9.65. The number of carboxylic acid groups (broad SMARTS) is 1. The van der Waals surface area contributed by atoms with Crippen molar-refractivity contribution in [3.63, 3.8) is 0 Å². The summed E-state index contributed by atoms with van der Waals surface area (Å²) in [7, 11) is 5.49. The van der Waals surface area contributed by atoms with Crippen LogP contribution in [0.4, 0.5) is 32.4 Å². The Morgan fingerprint density at radius 2 is 1.62 bits per heavy atom. The molecule has 248 valence electrons. The quantitative estimate of drug-likeness (QED) is 0.363. The number of aliphatic carboxylic acids is 1. The molecule has 5 rings (SSSR count). The molecular formula is C31H39F5N4O5.